The third kappa shape index (κ3) is 7.77. The van der Waals surface area contributed by atoms with E-state index in [0.717, 1.165) is 5.75 Å². The van der Waals surface area contributed by atoms with Crippen LogP contribution in [-0.2, 0) is 7.05 Å². The number of hydrogen-bond donors (Lipinski definition) is 1. The second-order valence-corrected chi connectivity index (χ2v) is 6.01. The van der Waals surface area contributed by atoms with Crippen LogP contribution in [0.3, 0.4) is 0 Å². The topological polar surface area (TPSA) is 17.8 Å². The highest BCUT2D eigenvalue weighted by Crippen LogP contribution is 2.18. The zero-order chi connectivity index (χ0) is 12.3. The van der Waals surface area contributed by atoms with Gasteiger partial charge in [0.05, 0.1) is 6.20 Å². The predicted octanol–water partition coefficient (Wildman–Crippen LogP) is 4.17. The molecule has 0 fully saturated rings. The van der Waals surface area contributed by atoms with Gasteiger partial charge >= 0.3 is 0 Å². The Hall–Kier alpha value is -0.0900. The van der Waals surface area contributed by atoms with E-state index < -0.39 is 0 Å². The third-order valence-electron chi connectivity index (χ3n) is 2.75. The van der Waals surface area contributed by atoms with Gasteiger partial charge in [0.2, 0.25) is 0 Å². The molecule has 17 heavy (non-hydrogen) atoms. The summed E-state index contributed by atoms with van der Waals surface area (Å²) in [5.74, 6) is 2.27. The molecule has 0 bridgehead atoms. The van der Waals surface area contributed by atoms with Crippen LogP contribution in [0.1, 0.15) is 44.9 Å². The monoisotopic (exact) mass is 272 g/mol. The molecule has 1 aromatic heterocycles. The summed E-state index contributed by atoms with van der Waals surface area (Å²) in [7, 11) is 1.97. The normalized spacial score (nSPS) is 10.9. The number of aromatic nitrogens is 2. The van der Waals surface area contributed by atoms with Crippen LogP contribution in [0.2, 0.25) is 0 Å². The Labute approximate surface area is 115 Å². The molecule has 0 aliphatic carbocycles. The maximum Gasteiger partial charge on any atom is 0.0625 e. The lowest BCUT2D eigenvalue weighted by atomic mass is 10.1. The van der Waals surface area contributed by atoms with Crippen molar-refractivity contribution in [2.24, 2.45) is 7.05 Å². The lowest BCUT2D eigenvalue weighted by molar-refractivity contribution is 0.605. The highest BCUT2D eigenvalue weighted by Gasteiger charge is 1.97. The smallest absolute Gasteiger partial charge is 0.0625 e. The fourth-order valence-corrected chi connectivity index (χ4v) is 2.92. The van der Waals surface area contributed by atoms with Crippen molar-refractivity contribution < 1.29 is 0 Å². The van der Waals surface area contributed by atoms with Crippen LogP contribution in [0.15, 0.2) is 17.3 Å². The minimum absolute atomic E-state index is 1.04. The molecule has 0 aliphatic heterocycles. The van der Waals surface area contributed by atoms with E-state index in [2.05, 4.69) is 23.9 Å². The average Bonchev–Trinajstić information content (AvgIpc) is 2.73. The average molecular weight is 272 g/mol. The summed E-state index contributed by atoms with van der Waals surface area (Å²) in [5, 5.41) is 4.16. The third-order valence-corrected chi connectivity index (χ3v) is 4.11. The summed E-state index contributed by atoms with van der Waals surface area (Å²) in [6.07, 6.45) is 13.5. The number of unbranched alkanes of at least 4 members (excludes halogenated alkanes) is 6. The molecule has 2 nitrogen and oxygen atoms in total. The summed E-state index contributed by atoms with van der Waals surface area (Å²) in [4.78, 5) is 1.29. The lowest BCUT2D eigenvalue weighted by Crippen LogP contribution is -1.84. The first-order valence-corrected chi connectivity index (χ1v) is 8.17. The number of hydrogen-bond acceptors (Lipinski definition) is 3. The Bertz CT molecular complexity index is 287. The van der Waals surface area contributed by atoms with Crippen molar-refractivity contribution in [3.8, 4) is 0 Å². The van der Waals surface area contributed by atoms with Crippen LogP contribution in [-0.4, -0.2) is 21.3 Å². The molecule has 0 amide bonds. The van der Waals surface area contributed by atoms with E-state index in [1.165, 1.54) is 55.6 Å². The van der Waals surface area contributed by atoms with Gasteiger partial charge in [-0.2, -0.15) is 17.7 Å². The van der Waals surface area contributed by atoms with Crippen LogP contribution in [0.25, 0.3) is 0 Å². The molecular weight excluding hydrogens is 248 g/mol. The molecule has 0 unspecified atom stereocenters. The quantitative estimate of drug-likeness (QED) is 0.391. The predicted molar refractivity (Wildman–Crippen MR) is 80.1 cm³/mol. The van der Waals surface area contributed by atoms with Gasteiger partial charge in [-0.25, -0.2) is 0 Å². The van der Waals surface area contributed by atoms with Crippen molar-refractivity contribution in [3.63, 3.8) is 0 Å². The van der Waals surface area contributed by atoms with Crippen molar-refractivity contribution in [1.82, 2.24) is 9.78 Å². The second kappa shape index (κ2) is 9.89. The number of thiol groups is 1. The van der Waals surface area contributed by atoms with Crippen LogP contribution in [0, 0.1) is 0 Å². The molecule has 0 saturated carbocycles. The zero-order valence-corrected chi connectivity index (χ0v) is 12.5. The molecule has 1 rings (SSSR count). The Morgan fingerprint density at radius 1 is 1.12 bits per heavy atom. The van der Waals surface area contributed by atoms with E-state index in [0.29, 0.717) is 0 Å². The van der Waals surface area contributed by atoms with Gasteiger partial charge in [-0.15, -0.1) is 11.8 Å². The molecule has 0 radical (unpaired) electrons. The number of thioether (sulfide) groups is 1. The molecule has 0 atom stereocenters. The molecule has 1 heterocycles. The maximum absolute atomic E-state index is 4.22. The standard InChI is InChI=1S/C13H24N2S2/c1-15-12-13(11-14-15)17-10-8-6-4-2-3-5-7-9-16/h11-12,16H,2-10H2,1H3. The number of rotatable bonds is 10. The zero-order valence-electron chi connectivity index (χ0n) is 10.8. The highest BCUT2D eigenvalue weighted by atomic mass is 32.2. The lowest BCUT2D eigenvalue weighted by Gasteiger charge is -2.01. The summed E-state index contributed by atoms with van der Waals surface area (Å²) < 4.78 is 1.86. The molecule has 98 valence electrons. The van der Waals surface area contributed by atoms with Crippen LogP contribution >= 0.6 is 24.4 Å². The van der Waals surface area contributed by atoms with Crippen LogP contribution in [0.4, 0.5) is 0 Å². The minimum Gasteiger partial charge on any atom is -0.275 e. The summed E-state index contributed by atoms with van der Waals surface area (Å²) in [6, 6.07) is 0. The van der Waals surface area contributed by atoms with Crippen LogP contribution < -0.4 is 0 Å². The van der Waals surface area contributed by atoms with Gasteiger partial charge in [-0.3, -0.25) is 4.68 Å². The van der Waals surface area contributed by atoms with Gasteiger partial charge in [0.15, 0.2) is 0 Å². The first kappa shape index (κ1) is 15.0. The van der Waals surface area contributed by atoms with E-state index in [1.54, 1.807) is 0 Å². The van der Waals surface area contributed by atoms with Crippen molar-refractivity contribution in [1.29, 1.82) is 0 Å². The van der Waals surface area contributed by atoms with E-state index in [1.807, 2.05) is 29.7 Å². The molecule has 0 saturated heterocycles. The van der Waals surface area contributed by atoms with Gasteiger partial charge in [0.1, 0.15) is 0 Å². The fraction of sp³-hybridized carbons (Fsp3) is 0.769. The van der Waals surface area contributed by atoms with Crippen molar-refractivity contribution >= 4 is 24.4 Å². The van der Waals surface area contributed by atoms with Crippen molar-refractivity contribution in [2.45, 2.75) is 49.8 Å². The number of nitrogens with zero attached hydrogens (tertiary/aromatic N) is 2. The molecule has 0 spiro atoms. The molecule has 1 aromatic rings. The molecule has 4 heteroatoms. The van der Waals surface area contributed by atoms with Gasteiger partial charge in [0, 0.05) is 18.1 Å². The largest absolute Gasteiger partial charge is 0.275 e. The second-order valence-electron chi connectivity index (χ2n) is 4.40. The van der Waals surface area contributed by atoms with Crippen molar-refractivity contribution in [3.05, 3.63) is 12.4 Å². The minimum atomic E-state index is 1.04. The Morgan fingerprint density at radius 3 is 2.35 bits per heavy atom. The molecule has 0 aromatic carbocycles. The van der Waals surface area contributed by atoms with Gasteiger partial charge in [0.25, 0.3) is 0 Å². The van der Waals surface area contributed by atoms with E-state index in [9.17, 15) is 0 Å². The maximum atomic E-state index is 4.22. The van der Waals surface area contributed by atoms with Gasteiger partial charge in [-0.1, -0.05) is 32.1 Å². The van der Waals surface area contributed by atoms with E-state index in [-0.39, 0.29) is 0 Å². The summed E-state index contributed by atoms with van der Waals surface area (Å²) in [5.41, 5.74) is 0. The molecule has 0 aliphatic rings. The SMILES string of the molecule is Cn1cc(SCCCCCCCCCS)cn1. The summed E-state index contributed by atoms with van der Waals surface area (Å²) >= 11 is 6.14. The van der Waals surface area contributed by atoms with Crippen molar-refractivity contribution in [2.75, 3.05) is 11.5 Å². The first-order valence-electron chi connectivity index (χ1n) is 6.55. The Morgan fingerprint density at radius 2 is 1.76 bits per heavy atom. The van der Waals surface area contributed by atoms with E-state index in [4.69, 9.17) is 0 Å². The Kier molecular flexibility index (Phi) is 8.71. The molecule has 0 N–H and O–H groups in total. The highest BCUT2D eigenvalue weighted by molar-refractivity contribution is 7.99. The molecular formula is C13H24N2S2. The fourth-order valence-electron chi connectivity index (χ4n) is 1.76. The van der Waals surface area contributed by atoms with Gasteiger partial charge in [-0.05, 0) is 24.3 Å². The summed E-state index contributed by atoms with van der Waals surface area (Å²) in [6.45, 7) is 0. The van der Waals surface area contributed by atoms with E-state index >= 15 is 0 Å². The van der Waals surface area contributed by atoms with Crippen LogP contribution in [0.5, 0.6) is 0 Å². The Balaban J connectivity index is 1.84. The van der Waals surface area contributed by atoms with Gasteiger partial charge < -0.3 is 0 Å². The first-order chi connectivity index (χ1) is 8.33. The number of aryl methyl sites for hydroxylation is 1.